The second kappa shape index (κ2) is 3.84. The van der Waals surface area contributed by atoms with Gasteiger partial charge in [-0.2, -0.15) is 5.10 Å². The zero-order valence-electron chi connectivity index (χ0n) is 10.4. The summed E-state index contributed by atoms with van der Waals surface area (Å²) in [6.07, 6.45) is 0. The second-order valence-electron chi connectivity index (χ2n) is 4.52. The summed E-state index contributed by atoms with van der Waals surface area (Å²) in [6.45, 7) is 4.04. The normalized spacial score (nSPS) is 11.0. The van der Waals surface area contributed by atoms with Gasteiger partial charge in [-0.05, 0) is 31.0 Å². The van der Waals surface area contributed by atoms with E-state index in [1.165, 1.54) is 5.56 Å². The number of nitrogens with one attached hydrogen (secondary N) is 1. The molecule has 18 heavy (non-hydrogen) atoms. The van der Waals surface area contributed by atoms with Crippen molar-refractivity contribution in [1.29, 1.82) is 0 Å². The van der Waals surface area contributed by atoms with Gasteiger partial charge in [0.2, 0.25) is 0 Å². The molecule has 0 aliphatic carbocycles. The minimum atomic E-state index is 0.564. The summed E-state index contributed by atoms with van der Waals surface area (Å²) in [5, 5.41) is 7.82. The molecular formula is C14H14N4. The maximum Gasteiger partial charge on any atom is 0.183 e. The van der Waals surface area contributed by atoms with E-state index in [1.807, 2.05) is 19.1 Å². The Hall–Kier alpha value is -2.36. The Kier molecular flexibility index (Phi) is 2.30. The highest BCUT2D eigenvalue weighted by molar-refractivity contribution is 5.99. The van der Waals surface area contributed by atoms with Crippen LogP contribution in [0.5, 0.6) is 0 Å². The first-order chi connectivity index (χ1) is 8.65. The number of aromatic amines is 1. The molecule has 0 radical (unpaired) electrons. The lowest BCUT2D eigenvalue weighted by molar-refractivity contribution is 1.09. The Morgan fingerprint density at radius 2 is 2.00 bits per heavy atom. The van der Waals surface area contributed by atoms with Crippen molar-refractivity contribution in [2.75, 3.05) is 5.73 Å². The number of nitrogens with zero attached hydrogens (tertiary/aromatic N) is 2. The Balaban J connectivity index is 2.37. The number of nitrogen functional groups attached to an aromatic ring is 1. The van der Waals surface area contributed by atoms with E-state index in [0.717, 1.165) is 22.2 Å². The average Bonchev–Trinajstić information content (AvgIpc) is 2.70. The fourth-order valence-corrected chi connectivity index (χ4v) is 2.21. The predicted octanol–water partition coefficient (Wildman–Crippen LogP) is 2.82. The van der Waals surface area contributed by atoms with Crippen LogP contribution >= 0.6 is 0 Å². The third kappa shape index (κ3) is 1.62. The summed E-state index contributed by atoms with van der Waals surface area (Å²) in [4.78, 5) is 4.38. The van der Waals surface area contributed by atoms with Gasteiger partial charge in [0.25, 0.3) is 0 Å². The number of H-pyrrole nitrogens is 1. The molecule has 0 fully saturated rings. The van der Waals surface area contributed by atoms with Crippen LogP contribution in [0.25, 0.3) is 22.2 Å². The van der Waals surface area contributed by atoms with Crippen LogP contribution in [0.4, 0.5) is 5.82 Å². The molecule has 90 valence electrons. The van der Waals surface area contributed by atoms with Gasteiger partial charge in [-0.3, -0.25) is 5.10 Å². The minimum absolute atomic E-state index is 0.564. The number of anilines is 1. The molecule has 2 heterocycles. The molecule has 0 spiro atoms. The molecule has 0 amide bonds. The second-order valence-corrected chi connectivity index (χ2v) is 4.52. The third-order valence-corrected chi connectivity index (χ3v) is 3.01. The zero-order valence-corrected chi connectivity index (χ0v) is 10.4. The molecule has 3 rings (SSSR count). The van der Waals surface area contributed by atoms with E-state index < -0.39 is 0 Å². The Morgan fingerprint density at radius 1 is 1.17 bits per heavy atom. The van der Waals surface area contributed by atoms with Gasteiger partial charge < -0.3 is 5.73 Å². The number of hydrogen-bond acceptors (Lipinski definition) is 3. The van der Waals surface area contributed by atoms with Crippen LogP contribution in [0.2, 0.25) is 0 Å². The topological polar surface area (TPSA) is 67.6 Å². The highest BCUT2D eigenvalue weighted by atomic mass is 15.2. The van der Waals surface area contributed by atoms with E-state index in [2.05, 4.69) is 40.3 Å². The molecule has 3 aromatic rings. The molecule has 0 atom stereocenters. The quantitative estimate of drug-likeness (QED) is 0.685. The number of pyridine rings is 1. The summed E-state index contributed by atoms with van der Waals surface area (Å²) in [6, 6.07) is 10.4. The van der Waals surface area contributed by atoms with Crippen molar-refractivity contribution in [2.24, 2.45) is 0 Å². The van der Waals surface area contributed by atoms with Crippen molar-refractivity contribution in [3.05, 3.63) is 41.6 Å². The van der Waals surface area contributed by atoms with Crippen LogP contribution < -0.4 is 5.73 Å². The van der Waals surface area contributed by atoms with Crippen molar-refractivity contribution in [2.45, 2.75) is 13.8 Å². The fraction of sp³-hybridized carbons (Fsp3) is 0.143. The molecule has 0 bridgehead atoms. The summed E-state index contributed by atoms with van der Waals surface area (Å²) in [5.74, 6) is 0.564. The van der Waals surface area contributed by atoms with E-state index in [1.54, 1.807) is 0 Å². The monoisotopic (exact) mass is 238 g/mol. The van der Waals surface area contributed by atoms with Gasteiger partial charge in [0, 0.05) is 5.69 Å². The van der Waals surface area contributed by atoms with Gasteiger partial charge >= 0.3 is 0 Å². The van der Waals surface area contributed by atoms with Gasteiger partial charge in [0.1, 0.15) is 5.82 Å². The van der Waals surface area contributed by atoms with Crippen LogP contribution in [0.3, 0.4) is 0 Å². The van der Waals surface area contributed by atoms with Crippen LogP contribution in [0.15, 0.2) is 30.3 Å². The van der Waals surface area contributed by atoms with Crippen molar-refractivity contribution >= 4 is 16.9 Å². The van der Waals surface area contributed by atoms with E-state index in [-0.39, 0.29) is 0 Å². The molecule has 0 saturated carbocycles. The molecule has 0 unspecified atom stereocenters. The minimum Gasteiger partial charge on any atom is -0.383 e. The molecule has 3 N–H and O–H groups in total. The maximum absolute atomic E-state index is 5.94. The van der Waals surface area contributed by atoms with E-state index in [9.17, 15) is 0 Å². The number of hydrogen-bond donors (Lipinski definition) is 2. The van der Waals surface area contributed by atoms with Gasteiger partial charge in [-0.25, -0.2) is 4.98 Å². The highest BCUT2D eigenvalue weighted by Crippen LogP contribution is 2.31. The highest BCUT2D eigenvalue weighted by Gasteiger charge is 2.12. The number of aromatic nitrogens is 3. The lowest BCUT2D eigenvalue weighted by Crippen LogP contribution is -1.90. The first kappa shape index (κ1) is 10.8. The average molecular weight is 238 g/mol. The lowest BCUT2D eigenvalue weighted by Gasteiger charge is -2.06. The summed E-state index contributed by atoms with van der Waals surface area (Å²) < 4.78 is 0. The first-order valence-corrected chi connectivity index (χ1v) is 5.83. The number of rotatable bonds is 1. The number of aryl methyl sites for hydroxylation is 2. The zero-order chi connectivity index (χ0) is 12.7. The standard InChI is InChI=1S/C14H14N4/c1-8-4-3-5-10(6-8)11-7-9(2)16-14-12(11)13(15)17-18-14/h3-7H,1-2H3,(H3,15,16,17,18). The molecule has 4 heteroatoms. The van der Waals surface area contributed by atoms with Crippen molar-refractivity contribution < 1.29 is 0 Å². The van der Waals surface area contributed by atoms with Crippen LogP contribution in [-0.2, 0) is 0 Å². The van der Waals surface area contributed by atoms with Gasteiger partial charge in [-0.1, -0.05) is 29.8 Å². The van der Waals surface area contributed by atoms with Crippen LogP contribution in [0, 0.1) is 13.8 Å². The summed E-state index contributed by atoms with van der Waals surface area (Å²) in [5.41, 5.74) is 11.0. The fourth-order valence-electron chi connectivity index (χ4n) is 2.21. The molecule has 4 nitrogen and oxygen atoms in total. The smallest absolute Gasteiger partial charge is 0.183 e. The van der Waals surface area contributed by atoms with Crippen molar-refractivity contribution in [3.8, 4) is 11.1 Å². The maximum atomic E-state index is 5.94. The SMILES string of the molecule is Cc1cccc(-c2cc(C)nc3n[nH]c(N)c23)c1. The predicted molar refractivity (Wildman–Crippen MR) is 73.2 cm³/mol. The van der Waals surface area contributed by atoms with Crippen molar-refractivity contribution in [3.63, 3.8) is 0 Å². The van der Waals surface area contributed by atoms with Crippen molar-refractivity contribution in [1.82, 2.24) is 15.2 Å². The van der Waals surface area contributed by atoms with Gasteiger partial charge in [0.05, 0.1) is 5.39 Å². The van der Waals surface area contributed by atoms with E-state index in [0.29, 0.717) is 11.5 Å². The van der Waals surface area contributed by atoms with Crippen LogP contribution in [0.1, 0.15) is 11.3 Å². The van der Waals surface area contributed by atoms with E-state index in [4.69, 9.17) is 5.73 Å². The van der Waals surface area contributed by atoms with Gasteiger partial charge in [-0.15, -0.1) is 0 Å². The number of fused-ring (bicyclic) bond motifs is 1. The molecule has 0 aliphatic rings. The number of benzene rings is 1. The largest absolute Gasteiger partial charge is 0.383 e. The Bertz CT molecular complexity index is 728. The third-order valence-electron chi connectivity index (χ3n) is 3.01. The van der Waals surface area contributed by atoms with Crippen LogP contribution in [-0.4, -0.2) is 15.2 Å². The summed E-state index contributed by atoms with van der Waals surface area (Å²) >= 11 is 0. The first-order valence-electron chi connectivity index (χ1n) is 5.83. The lowest BCUT2D eigenvalue weighted by atomic mass is 10.0. The summed E-state index contributed by atoms with van der Waals surface area (Å²) in [7, 11) is 0. The Morgan fingerprint density at radius 3 is 2.78 bits per heavy atom. The molecule has 0 aliphatic heterocycles. The molecule has 2 aromatic heterocycles. The number of nitrogens with two attached hydrogens (primary N) is 1. The van der Waals surface area contributed by atoms with Gasteiger partial charge in [0.15, 0.2) is 5.65 Å². The molecule has 1 aromatic carbocycles. The molecule has 0 saturated heterocycles. The molecular weight excluding hydrogens is 224 g/mol. The van der Waals surface area contributed by atoms with E-state index >= 15 is 0 Å². The Labute approximate surface area is 105 Å².